The quantitative estimate of drug-likeness (QED) is 0.806. The first-order valence-corrected chi connectivity index (χ1v) is 9.20. The SMILES string of the molecule is COc1cc(C(F)(F)F)ccc1[C@@H](C1CCCCC1)N1CCNCC1.Cl. The molecule has 1 aliphatic carbocycles. The third-order valence-electron chi connectivity index (χ3n) is 5.52. The van der Waals surface area contributed by atoms with E-state index in [0.29, 0.717) is 11.7 Å². The fourth-order valence-electron chi connectivity index (χ4n) is 4.29. The van der Waals surface area contributed by atoms with Crippen molar-refractivity contribution in [1.82, 2.24) is 10.2 Å². The summed E-state index contributed by atoms with van der Waals surface area (Å²) in [6.45, 7) is 3.69. The Balaban J connectivity index is 0.00000243. The van der Waals surface area contributed by atoms with Crippen LogP contribution in [0.4, 0.5) is 13.2 Å². The second kappa shape index (κ2) is 9.29. The zero-order chi connectivity index (χ0) is 17.9. The van der Waals surface area contributed by atoms with E-state index in [4.69, 9.17) is 4.74 Å². The van der Waals surface area contributed by atoms with Gasteiger partial charge in [-0.15, -0.1) is 12.4 Å². The van der Waals surface area contributed by atoms with Gasteiger partial charge in [-0.2, -0.15) is 13.2 Å². The molecule has 1 aromatic carbocycles. The van der Waals surface area contributed by atoms with Crippen LogP contribution in [0.2, 0.25) is 0 Å². The summed E-state index contributed by atoms with van der Waals surface area (Å²) in [7, 11) is 1.47. The highest BCUT2D eigenvalue weighted by molar-refractivity contribution is 5.85. The van der Waals surface area contributed by atoms with E-state index in [9.17, 15) is 13.2 Å². The second-order valence-electron chi connectivity index (χ2n) is 7.08. The molecule has 1 atom stereocenters. The van der Waals surface area contributed by atoms with Crippen molar-refractivity contribution in [2.45, 2.75) is 44.3 Å². The standard InChI is InChI=1S/C19H27F3N2O.ClH/c1-25-17-13-15(19(20,21)22)7-8-16(17)18(14-5-3-2-4-6-14)24-11-9-23-10-12-24;/h7-8,13-14,18,23H,2-6,9-12H2,1H3;1H/t18-;/m1./s1. The molecule has 0 aromatic heterocycles. The summed E-state index contributed by atoms with van der Waals surface area (Å²) in [6.07, 6.45) is 1.60. The van der Waals surface area contributed by atoms with Crippen LogP contribution in [0.15, 0.2) is 18.2 Å². The smallest absolute Gasteiger partial charge is 0.416 e. The number of methoxy groups -OCH3 is 1. The van der Waals surface area contributed by atoms with E-state index in [1.54, 1.807) is 6.07 Å². The number of rotatable bonds is 4. The molecule has 2 fully saturated rings. The summed E-state index contributed by atoms with van der Waals surface area (Å²) in [4.78, 5) is 2.43. The highest BCUT2D eigenvalue weighted by Crippen LogP contribution is 2.43. The van der Waals surface area contributed by atoms with E-state index in [1.807, 2.05) is 0 Å². The summed E-state index contributed by atoms with van der Waals surface area (Å²) in [5.74, 6) is 0.849. The third kappa shape index (κ3) is 4.84. The van der Waals surface area contributed by atoms with Crippen molar-refractivity contribution in [2.75, 3.05) is 33.3 Å². The van der Waals surface area contributed by atoms with Crippen LogP contribution in [0.5, 0.6) is 5.75 Å². The third-order valence-corrected chi connectivity index (χ3v) is 5.52. The Bertz CT molecular complexity index is 552. The fraction of sp³-hybridized carbons (Fsp3) is 0.684. The van der Waals surface area contributed by atoms with Gasteiger partial charge >= 0.3 is 6.18 Å². The molecule has 1 heterocycles. The lowest BCUT2D eigenvalue weighted by Gasteiger charge is -2.41. The van der Waals surface area contributed by atoms with Gasteiger partial charge in [0.05, 0.1) is 12.7 Å². The number of ether oxygens (including phenoxy) is 1. The van der Waals surface area contributed by atoms with Crippen molar-refractivity contribution in [3.8, 4) is 5.75 Å². The van der Waals surface area contributed by atoms with Crippen LogP contribution in [0.3, 0.4) is 0 Å². The van der Waals surface area contributed by atoms with Crippen molar-refractivity contribution < 1.29 is 17.9 Å². The van der Waals surface area contributed by atoms with Crippen molar-refractivity contribution in [2.24, 2.45) is 5.92 Å². The predicted octanol–water partition coefficient (Wildman–Crippen LogP) is 4.66. The molecular formula is C19H28ClF3N2O. The Labute approximate surface area is 159 Å². The average Bonchev–Trinajstić information content (AvgIpc) is 2.63. The number of piperazine rings is 1. The van der Waals surface area contributed by atoms with Crippen molar-refractivity contribution in [3.05, 3.63) is 29.3 Å². The lowest BCUT2D eigenvalue weighted by molar-refractivity contribution is -0.137. The van der Waals surface area contributed by atoms with Crippen LogP contribution >= 0.6 is 12.4 Å². The van der Waals surface area contributed by atoms with Crippen LogP contribution in [-0.4, -0.2) is 38.2 Å². The maximum atomic E-state index is 13.1. The number of hydrogen-bond donors (Lipinski definition) is 1. The van der Waals surface area contributed by atoms with Crippen LogP contribution in [0.1, 0.15) is 49.3 Å². The molecule has 1 aromatic rings. The maximum absolute atomic E-state index is 13.1. The Morgan fingerprint density at radius 2 is 1.77 bits per heavy atom. The van der Waals surface area contributed by atoms with Crippen LogP contribution in [0.25, 0.3) is 0 Å². The molecule has 0 unspecified atom stereocenters. The van der Waals surface area contributed by atoms with Gasteiger partial charge in [-0.05, 0) is 30.9 Å². The van der Waals surface area contributed by atoms with Gasteiger partial charge in [-0.25, -0.2) is 0 Å². The number of hydrogen-bond acceptors (Lipinski definition) is 3. The summed E-state index contributed by atoms with van der Waals surface area (Å²) < 4.78 is 44.6. The van der Waals surface area contributed by atoms with E-state index < -0.39 is 11.7 Å². The number of alkyl halides is 3. The Morgan fingerprint density at radius 3 is 2.35 bits per heavy atom. The number of benzene rings is 1. The average molecular weight is 393 g/mol. The zero-order valence-corrected chi connectivity index (χ0v) is 16.0. The van der Waals surface area contributed by atoms with Gasteiger partial charge in [0.25, 0.3) is 0 Å². The molecule has 3 nitrogen and oxygen atoms in total. The van der Waals surface area contributed by atoms with E-state index in [0.717, 1.165) is 50.7 Å². The molecule has 1 N–H and O–H groups in total. The summed E-state index contributed by atoms with van der Waals surface area (Å²) in [5.41, 5.74) is 0.264. The monoisotopic (exact) mass is 392 g/mol. The minimum atomic E-state index is -4.35. The summed E-state index contributed by atoms with van der Waals surface area (Å²) >= 11 is 0. The molecule has 0 amide bonds. The van der Waals surface area contributed by atoms with E-state index in [2.05, 4.69) is 10.2 Å². The molecule has 148 valence electrons. The Kier molecular flexibility index (Phi) is 7.62. The molecule has 26 heavy (non-hydrogen) atoms. The highest BCUT2D eigenvalue weighted by atomic mass is 35.5. The normalized spacial score (nSPS) is 21.1. The molecular weight excluding hydrogens is 365 g/mol. The minimum absolute atomic E-state index is 0. The van der Waals surface area contributed by atoms with Gasteiger partial charge in [0.2, 0.25) is 0 Å². The Hall–Kier alpha value is -0.980. The van der Waals surface area contributed by atoms with Crippen LogP contribution in [-0.2, 0) is 6.18 Å². The lowest BCUT2D eigenvalue weighted by atomic mass is 9.79. The van der Waals surface area contributed by atoms with Crippen LogP contribution in [0, 0.1) is 5.92 Å². The van der Waals surface area contributed by atoms with Crippen molar-refractivity contribution in [1.29, 1.82) is 0 Å². The summed E-state index contributed by atoms with van der Waals surface area (Å²) in [6, 6.07) is 4.14. The maximum Gasteiger partial charge on any atom is 0.416 e. The first-order chi connectivity index (χ1) is 12.0. The number of halogens is 4. The van der Waals surface area contributed by atoms with Gasteiger partial charge in [0, 0.05) is 37.8 Å². The largest absolute Gasteiger partial charge is 0.496 e. The molecule has 0 bridgehead atoms. The van der Waals surface area contributed by atoms with Gasteiger partial charge < -0.3 is 10.1 Å². The lowest BCUT2D eigenvalue weighted by Crippen LogP contribution is -2.47. The minimum Gasteiger partial charge on any atom is -0.496 e. The molecule has 3 rings (SSSR count). The van der Waals surface area contributed by atoms with Gasteiger partial charge in [-0.1, -0.05) is 25.3 Å². The highest BCUT2D eigenvalue weighted by Gasteiger charge is 2.35. The molecule has 1 saturated carbocycles. The second-order valence-corrected chi connectivity index (χ2v) is 7.08. The molecule has 1 aliphatic heterocycles. The fourth-order valence-corrected chi connectivity index (χ4v) is 4.29. The number of nitrogens with zero attached hydrogens (tertiary/aromatic N) is 1. The van der Waals surface area contributed by atoms with E-state index in [1.165, 1.54) is 32.4 Å². The molecule has 1 saturated heterocycles. The first kappa shape index (κ1) is 21.3. The van der Waals surface area contributed by atoms with Gasteiger partial charge in [0.1, 0.15) is 5.75 Å². The summed E-state index contributed by atoms with van der Waals surface area (Å²) in [5, 5.41) is 3.36. The van der Waals surface area contributed by atoms with Crippen LogP contribution < -0.4 is 10.1 Å². The number of nitrogens with one attached hydrogen (secondary N) is 1. The first-order valence-electron chi connectivity index (χ1n) is 9.20. The topological polar surface area (TPSA) is 24.5 Å². The Morgan fingerprint density at radius 1 is 1.12 bits per heavy atom. The molecule has 0 radical (unpaired) electrons. The van der Waals surface area contributed by atoms with Crippen molar-refractivity contribution in [3.63, 3.8) is 0 Å². The zero-order valence-electron chi connectivity index (χ0n) is 15.1. The van der Waals surface area contributed by atoms with Gasteiger partial charge in [-0.3, -0.25) is 4.90 Å². The molecule has 2 aliphatic rings. The van der Waals surface area contributed by atoms with Gasteiger partial charge in [0.15, 0.2) is 0 Å². The van der Waals surface area contributed by atoms with E-state index >= 15 is 0 Å². The molecule has 7 heteroatoms. The van der Waals surface area contributed by atoms with E-state index in [-0.39, 0.29) is 18.4 Å². The van der Waals surface area contributed by atoms with Crippen molar-refractivity contribution >= 4 is 12.4 Å². The molecule has 0 spiro atoms. The predicted molar refractivity (Wildman–Crippen MR) is 99.0 cm³/mol.